The quantitative estimate of drug-likeness (QED) is 0.566. The van der Waals surface area contributed by atoms with Crippen molar-refractivity contribution in [3.8, 4) is 0 Å². The van der Waals surface area contributed by atoms with Gasteiger partial charge in [0.15, 0.2) is 11.6 Å². The predicted octanol–water partition coefficient (Wildman–Crippen LogP) is 1.55. The van der Waals surface area contributed by atoms with E-state index in [0.29, 0.717) is 0 Å². The third-order valence-electron chi connectivity index (χ3n) is 0.914. The molecule has 0 saturated carbocycles. The van der Waals surface area contributed by atoms with E-state index < -0.39 is 15.9 Å². The summed E-state index contributed by atoms with van der Waals surface area (Å²) in [5.74, 6) is -1.65. The minimum Gasteiger partial charge on any atom is -0.296 e. The molecule has 0 spiro atoms. The average molecular weight is 254 g/mol. The number of rotatable bonds is 3. The molecular formula is C5H5Cl3O2V. The summed E-state index contributed by atoms with van der Waals surface area (Å²) in [7, 11) is 0. The SMILES string of the molecule is CC(=O)C(Cl)(Cl)C(=O)CCl.[V]. The molecule has 0 fully saturated rings. The van der Waals surface area contributed by atoms with E-state index in [9.17, 15) is 9.59 Å². The Bertz CT molecular complexity index is 169. The molecule has 0 heterocycles. The summed E-state index contributed by atoms with van der Waals surface area (Å²) in [5.41, 5.74) is 0. The number of halogens is 3. The first kappa shape index (κ1) is 14.3. The molecule has 0 amide bonds. The van der Waals surface area contributed by atoms with Crippen LogP contribution in [0.3, 0.4) is 0 Å². The van der Waals surface area contributed by atoms with Crippen LogP contribution in [0.4, 0.5) is 0 Å². The Morgan fingerprint density at radius 2 is 1.73 bits per heavy atom. The Labute approximate surface area is 91.4 Å². The minimum atomic E-state index is -1.96. The summed E-state index contributed by atoms with van der Waals surface area (Å²) in [5, 5.41) is 0. The third-order valence-corrected chi connectivity index (χ3v) is 2.11. The molecule has 63 valence electrons. The fraction of sp³-hybridized carbons (Fsp3) is 0.600. The molecule has 0 N–H and O–H groups in total. The number of hydrogen-bond donors (Lipinski definition) is 0. The van der Waals surface area contributed by atoms with Gasteiger partial charge in [0.25, 0.3) is 0 Å². The smallest absolute Gasteiger partial charge is 0.234 e. The van der Waals surface area contributed by atoms with Crippen molar-refractivity contribution in [2.75, 3.05) is 5.88 Å². The molecule has 0 aliphatic carbocycles. The van der Waals surface area contributed by atoms with Gasteiger partial charge >= 0.3 is 0 Å². The van der Waals surface area contributed by atoms with Gasteiger partial charge in [-0.05, 0) is 6.92 Å². The molecule has 0 rings (SSSR count). The monoisotopic (exact) mass is 253 g/mol. The van der Waals surface area contributed by atoms with Crippen molar-refractivity contribution in [2.45, 2.75) is 11.3 Å². The van der Waals surface area contributed by atoms with E-state index in [1.807, 2.05) is 0 Å². The topological polar surface area (TPSA) is 34.1 Å². The molecule has 11 heavy (non-hydrogen) atoms. The molecule has 1 radical (unpaired) electrons. The number of alkyl halides is 3. The van der Waals surface area contributed by atoms with E-state index in [4.69, 9.17) is 34.8 Å². The second kappa shape index (κ2) is 5.44. The summed E-state index contributed by atoms with van der Waals surface area (Å²) in [6.45, 7) is 1.13. The predicted molar refractivity (Wildman–Crippen MR) is 40.8 cm³/mol. The van der Waals surface area contributed by atoms with Crippen molar-refractivity contribution < 1.29 is 28.1 Å². The Kier molecular flexibility index (Phi) is 7.09. The van der Waals surface area contributed by atoms with Crippen LogP contribution in [0.25, 0.3) is 0 Å². The molecule has 0 unspecified atom stereocenters. The second-order valence-electron chi connectivity index (χ2n) is 1.69. The number of carbonyl (C=O) groups is 2. The molecule has 0 aromatic heterocycles. The molecular weight excluding hydrogens is 249 g/mol. The fourth-order valence-corrected chi connectivity index (χ4v) is 0.751. The number of ketones is 2. The summed E-state index contributed by atoms with van der Waals surface area (Å²) in [6, 6.07) is 0. The summed E-state index contributed by atoms with van der Waals surface area (Å²) in [6.07, 6.45) is 0. The number of hydrogen-bond acceptors (Lipinski definition) is 2. The van der Waals surface area contributed by atoms with E-state index in [1.165, 1.54) is 0 Å². The molecule has 0 aliphatic rings. The molecule has 0 bridgehead atoms. The van der Waals surface area contributed by atoms with Crippen molar-refractivity contribution in [3.05, 3.63) is 0 Å². The van der Waals surface area contributed by atoms with Crippen molar-refractivity contribution >= 4 is 46.4 Å². The first-order valence-electron chi connectivity index (χ1n) is 2.41. The van der Waals surface area contributed by atoms with Crippen molar-refractivity contribution in [2.24, 2.45) is 0 Å². The number of carbonyl (C=O) groups excluding carboxylic acids is 2. The molecule has 0 aromatic carbocycles. The standard InChI is InChI=1S/C5H5Cl3O2.V/c1-3(9)5(7,8)4(10)2-6;/h2H2,1H3;. The van der Waals surface area contributed by atoms with Gasteiger partial charge in [-0.15, -0.1) is 11.6 Å². The van der Waals surface area contributed by atoms with Crippen molar-refractivity contribution in [1.29, 1.82) is 0 Å². The maximum atomic E-state index is 10.7. The molecule has 0 aliphatic heterocycles. The Morgan fingerprint density at radius 1 is 1.36 bits per heavy atom. The van der Waals surface area contributed by atoms with Crippen molar-refractivity contribution in [1.82, 2.24) is 0 Å². The Morgan fingerprint density at radius 3 is 1.82 bits per heavy atom. The van der Waals surface area contributed by atoms with Crippen LogP contribution in [-0.4, -0.2) is 21.8 Å². The van der Waals surface area contributed by atoms with Crippen LogP contribution in [0.5, 0.6) is 0 Å². The first-order valence-corrected chi connectivity index (χ1v) is 3.70. The van der Waals surface area contributed by atoms with Crippen LogP contribution in [0.2, 0.25) is 0 Å². The van der Waals surface area contributed by atoms with Gasteiger partial charge in [-0.3, -0.25) is 9.59 Å². The van der Waals surface area contributed by atoms with Gasteiger partial charge in [0.2, 0.25) is 4.33 Å². The maximum Gasteiger partial charge on any atom is 0.234 e. The van der Waals surface area contributed by atoms with Gasteiger partial charge in [0.05, 0.1) is 5.88 Å². The zero-order chi connectivity index (χ0) is 8.36. The maximum absolute atomic E-state index is 10.7. The molecule has 0 saturated heterocycles. The van der Waals surface area contributed by atoms with E-state index in [2.05, 4.69) is 0 Å². The summed E-state index contributed by atoms with van der Waals surface area (Å²) >= 11 is 15.7. The van der Waals surface area contributed by atoms with Crippen LogP contribution in [0.1, 0.15) is 6.92 Å². The first-order chi connectivity index (χ1) is 4.42. The van der Waals surface area contributed by atoms with Gasteiger partial charge in [-0.2, -0.15) is 0 Å². The molecule has 2 nitrogen and oxygen atoms in total. The summed E-state index contributed by atoms with van der Waals surface area (Å²) in [4.78, 5) is 21.2. The van der Waals surface area contributed by atoms with E-state index in [1.54, 1.807) is 0 Å². The average Bonchev–Trinajstić information content (AvgIpc) is 1.86. The zero-order valence-electron chi connectivity index (χ0n) is 5.60. The largest absolute Gasteiger partial charge is 0.296 e. The minimum absolute atomic E-state index is 0. The van der Waals surface area contributed by atoms with Gasteiger partial charge in [0.1, 0.15) is 0 Å². The van der Waals surface area contributed by atoms with Crippen LogP contribution in [-0.2, 0) is 28.1 Å². The van der Waals surface area contributed by atoms with Gasteiger partial charge in [-0.25, -0.2) is 0 Å². The second-order valence-corrected chi connectivity index (χ2v) is 3.28. The molecule has 6 heteroatoms. The van der Waals surface area contributed by atoms with Gasteiger partial charge < -0.3 is 0 Å². The van der Waals surface area contributed by atoms with Crippen LogP contribution >= 0.6 is 34.8 Å². The van der Waals surface area contributed by atoms with E-state index >= 15 is 0 Å². The molecule has 0 aromatic rings. The normalized spacial score (nSPS) is 10.2. The zero-order valence-corrected chi connectivity index (χ0v) is 9.27. The fourth-order valence-electron chi connectivity index (χ4n) is 0.280. The van der Waals surface area contributed by atoms with Crippen molar-refractivity contribution in [3.63, 3.8) is 0 Å². The summed E-state index contributed by atoms with van der Waals surface area (Å²) < 4.78 is -1.96. The van der Waals surface area contributed by atoms with Gasteiger partial charge in [0, 0.05) is 18.6 Å². The van der Waals surface area contributed by atoms with Crippen LogP contribution in [0, 0.1) is 0 Å². The van der Waals surface area contributed by atoms with Gasteiger partial charge in [-0.1, -0.05) is 23.2 Å². The Balaban J connectivity index is 0. The van der Waals surface area contributed by atoms with E-state index in [-0.39, 0.29) is 24.4 Å². The number of Topliss-reactive ketones (excluding diaryl/α,β-unsaturated/α-hetero) is 2. The third kappa shape index (κ3) is 3.81. The molecule has 0 atom stereocenters. The van der Waals surface area contributed by atoms with Crippen LogP contribution in [0.15, 0.2) is 0 Å². The Hall–Kier alpha value is 0.794. The van der Waals surface area contributed by atoms with Crippen LogP contribution < -0.4 is 0 Å². The van der Waals surface area contributed by atoms with E-state index in [0.717, 1.165) is 6.92 Å².